The summed E-state index contributed by atoms with van der Waals surface area (Å²) in [5.41, 5.74) is 0. The molecular formula is C11H21NO2. The Balaban J connectivity index is 2.48. The van der Waals surface area contributed by atoms with Crippen molar-refractivity contribution in [3.8, 4) is 0 Å². The number of nitrogens with zero attached hydrogens (tertiary/aromatic N) is 1. The van der Waals surface area contributed by atoms with E-state index < -0.39 is 0 Å². The molecule has 0 radical (unpaired) electrons. The fourth-order valence-electron chi connectivity index (χ4n) is 2.05. The molecule has 1 unspecified atom stereocenters. The van der Waals surface area contributed by atoms with Crippen LogP contribution in [0.2, 0.25) is 0 Å². The van der Waals surface area contributed by atoms with E-state index in [4.69, 9.17) is 4.74 Å². The van der Waals surface area contributed by atoms with Gasteiger partial charge in [0.05, 0.1) is 6.61 Å². The van der Waals surface area contributed by atoms with E-state index in [1.54, 1.807) is 0 Å². The van der Waals surface area contributed by atoms with Crippen molar-refractivity contribution in [3.05, 3.63) is 0 Å². The molecule has 0 aromatic rings. The second-order valence-electron chi connectivity index (χ2n) is 3.80. The van der Waals surface area contributed by atoms with Crippen LogP contribution in [0.15, 0.2) is 0 Å². The summed E-state index contributed by atoms with van der Waals surface area (Å²) in [4.78, 5) is 13.9. The molecule has 0 aliphatic carbocycles. The van der Waals surface area contributed by atoms with Crippen LogP contribution >= 0.6 is 0 Å². The number of piperidine rings is 1. The number of esters is 1. The quantitative estimate of drug-likeness (QED) is 0.647. The van der Waals surface area contributed by atoms with Crippen LogP contribution in [0.3, 0.4) is 0 Å². The molecular weight excluding hydrogens is 178 g/mol. The lowest BCUT2D eigenvalue weighted by Gasteiger charge is -2.33. The van der Waals surface area contributed by atoms with Crippen molar-refractivity contribution in [3.63, 3.8) is 0 Å². The predicted octanol–water partition coefficient (Wildman–Crippen LogP) is 1.81. The number of rotatable bonds is 4. The Hall–Kier alpha value is -0.570. The fraction of sp³-hybridized carbons (Fsp3) is 0.909. The number of likely N-dealkylation sites (tertiary alicyclic amines) is 1. The van der Waals surface area contributed by atoms with Gasteiger partial charge in [0.15, 0.2) is 0 Å². The van der Waals surface area contributed by atoms with Crippen molar-refractivity contribution in [2.24, 2.45) is 0 Å². The average Bonchev–Trinajstić information content (AvgIpc) is 2.19. The summed E-state index contributed by atoms with van der Waals surface area (Å²) in [7, 11) is 0. The fourth-order valence-corrected chi connectivity index (χ4v) is 2.05. The summed E-state index contributed by atoms with van der Waals surface area (Å²) in [6.07, 6.45) is 4.45. The van der Waals surface area contributed by atoms with Crippen LogP contribution in [-0.4, -0.2) is 36.6 Å². The third-order valence-corrected chi connectivity index (χ3v) is 2.68. The van der Waals surface area contributed by atoms with Crippen molar-refractivity contribution < 1.29 is 9.53 Å². The highest BCUT2D eigenvalue weighted by Crippen LogP contribution is 2.18. The normalized spacial score (nSPS) is 23.4. The van der Waals surface area contributed by atoms with Crippen LogP contribution in [0.5, 0.6) is 0 Å². The van der Waals surface area contributed by atoms with E-state index in [1.165, 1.54) is 6.42 Å². The predicted molar refractivity (Wildman–Crippen MR) is 56.1 cm³/mol. The number of ether oxygens (including phenoxy) is 1. The molecule has 0 N–H and O–H groups in total. The van der Waals surface area contributed by atoms with E-state index in [9.17, 15) is 4.79 Å². The molecule has 1 fully saturated rings. The Kier molecular flexibility index (Phi) is 4.94. The third kappa shape index (κ3) is 2.98. The molecule has 0 aromatic carbocycles. The number of hydrogen-bond donors (Lipinski definition) is 0. The van der Waals surface area contributed by atoms with Gasteiger partial charge in [-0.2, -0.15) is 0 Å². The van der Waals surface area contributed by atoms with Crippen molar-refractivity contribution in [2.45, 2.75) is 45.6 Å². The largest absolute Gasteiger partial charge is 0.465 e. The lowest BCUT2D eigenvalue weighted by atomic mass is 10.0. The van der Waals surface area contributed by atoms with Gasteiger partial charge in [0.2, 0.25) is 0 Å². The molecule has 1 heterocycles. The molecule has 0 saturated carbocycles. The van der Waals surface area contributed by atoms with Gasteiger partial charge in [0, 0.05) is 0 Å². The Morgan fingerprint density at radius 1 is 1.43 bits per heavy atom. The molecule has 82 valence electrons. The first-order valence-electron chi connectivity index (χ1n) is 5.70. The molecule has 3 heteroatoms. The highest BCUT2D eigenvalue weighted by atomic mass is 16.5. The number of hydrogen-bond acceptors (Lipinski definition) is 3. The van der Waals surface area contributed by atoms with Gasteiger partial charge in [-0.3, -0.25) is 9.69 Å². The first-order chi connectivity index (χ1) is 6.79. The van der Waals surface area contributed by atoms with Gasteiger partial charge in [0.25, 0.3) is 0 Å². The van der Waals surface area contributed by atoms with E-state index in [1.807, 2.05) is 6.92 Å². The molecule has 0 aromatic heterocycles. The molecule has 3 nitrogen and oxygen atoms in total. The summed E-state index contributed by atoms with van der Waals surface area (Å²) in [5.74, 6) is -0.0272. The van der Waals surface area contributed by atoms with Crippen LogP contribution in [0.25, 0.3) is 0 Å². The highest BCUT2D eigenvalue weighted by molar-refractivity contribution is 5.75. The Morgan fingerprint density at radius 3 is 2.86 bits per heavy atom. The maximum absolute atomic E-state index is 11.6. The maximum Gasteiger partial charge on any atom is 0.323 e. The van der Waals surface area contributed by atoms with E-state index in [0.717, 1.165) is 32.4 Å². The summed E-state index contributed by atoms with van der Waals surface area (Å²) in [6, 6.07) is 0.0312. The van der Waals surface area contributed by atoms with Crippen LogP contribution in [0.1, 0.15) is 39.5 Å². The molecule has 0 bridgehead atoms. The van der Waals surface area contributed by atoms with E-state index >= 15 is 0 Å². The van der Waals surface area contributed by atoms with Crippen molar-refractivity contribution in [1.29, 1.82) is 0 Å². The second kappa shape index (κ2) is 6.02. The first kappa shape index (κ1) is 11.5. The first-order valence-corrected chi connectivity index (χ1v) is 5.70. The smallest absolute Gasteiger partial charge is 0.323 e. The van der Waals surface area contributed by atoms with E-state index in [2.05, 4.69) is 11.8 Å². The average molecular weight is 199 g/mol. The summed E-state index contributed by atoms with van der Waals surface area (Å²) >= 11 is 0. The molecule has 1 rings (SSSR count). The van der Waals surface area contributed by atoms with Crippen molar-refractivity contribution >= 4 is 5.97 Å². The van der Waals surface area contributed by atoms with Gasteiger partial charge in [-0.25, -0.2) is 0 Å². The summed E-state index contributed by atoms with van der Waals surface area (Å²) in [5, 5.41) is 0. The molecule has 0 spiro atoms. The Morgan fingerprint density at radius 2 is 2.21 bits per heavy atom. The van der Waals surface area contributed by atoms with Gasteiger partial charge in [0.1, 0.15) is 6.04 Å². The van der Waals surface area contributed by atoms with E-state index in [0.29, 0.717) is 6.61 Å². The van der Waals surface area contributed by atoms with Gasteiger partial charge < -0.3 is 4.74 Å². The van der Waals surface area contributed by atoms with Crippen molar-refractivity contribution in [1.82, 2.24) is 4.90 Å². The van der Waals surface area contributed by atoms with Gasteiger partial charge in [-0.15, -0.1) is 0 Å². The molecule has 0 amide bonds. The van der Waals surface area contributed by atoms with E-state index in [-0.39, 0.29) is 12.0 Å². The number of carbonyl (C=O) groups excluding carboxylic acids is 1. The monoisotopic (exact) mass is 199 g/mol. The Labute approximate surface area is 86.4 Å². The number of carbonyl (C=O) groups is 1. The molecule has 1 aliphatic rings. The highest BCUT2D eigenvalue weighted by Gasteiger charge is 2.28. The Bertz CT molecular complexity index is 180. The zero-order valence-electron chi connectivity index (χ0n) is 9.29. The van der Waals surface area contributed by atoms with Crippen LogP contribution in [0.4, 0.5) is 0 Å². The molecule has 1 saturated heterocycles. The lowest BCUT2D eigenvalue weighted by Crippen LogP contribution is -2.45. The van der Waals surface area contributed by atoms with Gasteiger partial charge >= 0.3 is 5.97 Å². The topological polar surface area (TPSA) is 29.5 Å². The van der Waals surface area contributed by atoms with Gasteiger partial charge in [-0.05, 0) is 39.3 Å². The standard InChI is InChI=1S/C11H21NO2/c1-3-8-12-9-6-5-7-10(12)11(13)14-4-2/h10H,3-9H2,1-2H3. The molecule has 1 atom stereocenters. The SMILES string of the molecule is CCCN1CCCCC1C(=O)OCC. The molecule has 14 heavy (non-hydrogen) atoms. The van der Waals surface area contributed by atoms with Crippen LogP contribution in [-0.2, 0) is 9.53 Å². The molecule has 1 aliphatic heterocycles. The minimum Gasteiger partial charge on any atom is -0.465 e. The lowest BCUT2D eigenvalue weighted by molar-refractivity contribution is -0.150. The van der Waals surface area contributed by atoms with Crippen LogP contribution < -0.4 is 0 Å². The zero-order chi connectivity index (χ0) is 10.4. The third-order valence-electron chi connectivity index (χ3n) is 2.68. The minimum atomic E-state index is -0.0272. The summed E-state index contributed by atoms with van der Waals surface area (Å²) in [6.45, 7) is 6.58. The van der Waals surface area contributed by atoms with Crippen molar-refractivity contribution in [2.75, 3.05) is 19.7 Å². The second-order valence-corrected chi connectivity index (χ2v) is 3.80. The minimum absolute atomic E-state index is 0.0272. The maximum atomic E-state index is 11.6. The summed E-state index contributed by atoms with van der Waals surface area (Å²) < 4.78 is 5.08. The van der Waals surface area contributed by atoms with Gasteiger partial charge in [-0.1, -0.05) is 13.3 Å². The zero-order valence-corrected chi connectivity index (χ0v) is 9.29. The van der Waals surface area contributed by atoms with Crippen LogP contribution in [0, 0.1) is 0 Å².